The molecule has 18 heavy (non-hydrogen) atoms. The van der Waals surface area contributed by atoms with Crippen molar-refractivity contribution < 1.29 is 14.3 Å². The van der Waals surface area contributed by atoms with Crippen LogP contribution in [-0.4, -0.2) is 24.2 Å². The molecule has 0 radical (unpaired) electrons. The van der Waals surface area contributed by atoms with Gasteiger partial charge in [-0.05, 0) is 30.4 Å². The first-order chi connectivity index (χ1) is 8.50. The normalized spacial score (nSPS) is 24.1. The van der Waals surface area contributed by atoms with Gasteiger partial charge in [-0.25, -0.2) is 9.18 Å². The average Bonchev–Trinajstić information content (AvgIpc) is 2.32. The van der Waals surface area contributed by atoms with Gasteiger partial charge >= 0.3 is 5.97 Å². The van der Waals surface area contributed by atoms with Crippen LogP contribution in [0, 0.1) is 17.7 Å². The van der Waals surface area contributed by atoms with E-state index in [1.165, 1.54) is 18.2 Å². The van der Waals surface area contributed by atoms with Gasteiger partial charge in [0.05, 0.1) is 11.3 Å². The van der Waals surface area contributed by atoms with Gasteiger partial charge in [0.2, 0.25) is 0 Å². The molecule has 4 heteroatoms. The molecule has 0 amide bonds. The standard InChI is InChI=1S/C14H18FNO2/c1-9-6-7-16(8-10(9)2)13-11(14(17)18)4-3-5-12(13)15/h3-5,9-10H,6-8H2,1-2H3,(H,17,18). The van der Waals surface area contributed by atoms with Crippen LogP contribution in [0.25, 0.3) is 0 Å². The average molecular weight is 251 g/mol. The fraction of sp³-hybridized carbons (Fsp3) is 0.500. The lowest BCUT2D eigenvalue weighted by atomic mass is 9.88. The van der Waals surface area contributed by atoms with E-state index in [4.69, 9.17) is 5.11 Å². The molecule has 0 saturated carbocycles. The molecule has 0 aromatic heterocycles. The van der Waals surface area contributed by atoms with Crippen molar-refractivity contribution in [2.75, 3.05) is 18.0 Å². The quantitative estimate of drug-likeness (QED) is 0.878. The van der Waals surface area contributed by atoms with E-state index in [1.807, 2.05) is 4.90 Å². The summed E-state index contributed by atoms with van der Waals surface area (Å²) in [5.41, 5.74) is 0.292. The van der Waals surface area contributed by atoms with Crippen molar-refractivity contribution in [2.24, 2.45) is 11.8 Å². The summed E-state index contributed by atoms with van der Waals surface area (Å²) < 4.78 is 13.9. The number of benzene rings is 1. The minimum absolute atomic E-state index is 0.0525. The molecule has 1 aromatic carbocycles. The van der Waals surface area contributed by atoms with Gasteiger partial charge in [-0.1, -0.05) is 19.9 Å². The van der Waals surface area contributed by atoms with E-state index in [0.29, 0.717) is 24.9 Å². The SMILES string of the molecule is CC1CCN(c2c(F)cccc2C(=O)O)CC1C. The summed E-state index contributed by atoms with van der Waals surface area (Å²) in [7, 11) is 0. The number of anilines is 1. The highest BCUT2D eigenvalue weighted by atomic mass is 19.1. The van der Waals surface area contributed by atoms with Crippen molar-refractivity contribution in [2.45, 2.75) is 20.3 Å². The number of piperidine rings is 1. The second-order valence-electron chi connectivity index (χ2n) is 5.13. The van der Waals surface area contributed by atoms with Crippen LogP contribution < -0.4 is 4.90 Å². The zero-order valence-corrected chi connectivity index (χ0v) is 10.7. The molecular weight excluding hydrogens is 233 g/mol. The van der Waals surface area contributed by atoms with Crippen LogP contribution >= 0.6 is 0 Å². The van der Waals surface area contributed by atoms with E-state index in [1.54, 1.807) is 0 Å². The Morgan fingerprint density at radius 3 is 2.72 bits per heavy atom. The zero-order chi connectivity index (χ0) is 13.3. The molecule has 2 rings (SSSR count). The first-order valence-corrected chi connectivity index (χ1v) is 6.27. The van der Waals surface area contributed by atoms with Gasteiger partial charge in [-0.15, -0.1) is 0 Å². The summed E-state index contributed by atoms with van der Waals surface area (Å²) in [5.74, 6) is -0.478. The minimum Gasteiger partial charge on any atom is -0.478 e. The highest BCUT2D eigenvalue weighted by Crippen LogP contribution is 2.31. The zero-order valence-electron chi connectivity index (χ0n) is 10.7. The van der Waals surface area contributed by atoms with Gasteiger partial charge in [0.15, 0.2) is 0 Å². The Morgan fingerprint density at radius 2 is 2.11 bits per heavy atom. The van der Waals surface area contributed by atoms with E-state index >= 15 is 0 Å². The Kier molecular flexibility index (Phi) is 3.55. The van der Waals surface area contributed by atoms with Crippen molar-refractivity contribution >= 4 is 11.7 Å². The molecule has 0 bridgehead atoms. The number of para-hydroxylation sites is 1. The second kappa shape index (κ2) is 4.96. The molecule has 3 nitrogen and oxygen atoms in total. The highest BCUT2D eigenvalue weighted by molar-refractivity contribution is 5.94. The summed E-state index contributed by atoms with van der Waals surface area (Å²) in [4.78, 5) is 13.0. The molecule has 0 aliphatic carbocycles. The number of halogens is 1. The Bertz CT molecular complexity index is 461. The number of nitrogens with zero attached hydrogens (tertiary/aromatic N) is 1. The number of hydrogen-bond acceptors (Lipinski definition) is 2. The van der Waals surface area contributed by atoms with E-state index in [2.05, 4.69) is 13.8 Å². The number of hydrogen-bond donors (Lipinski definition) is 1. The van der Waals surface area contributed by atoms with Gasteiger partial charge < -0.3 is 10.0 Å². The molecule has 1 fully saturated rings. The maximum absolute atomic E-state index is 13.9. The molecule has 1 aromatic rings. The molecule has 98 valence electrons. The fourth-order valence-electron chi connectivity index (χ4n) is 2.48. The Hall–Kier alpha value is -1.58. The first kappa shape index (κ1) is 12.9. The van der Waals surface area contributed by atoms with Crippen LogP contribution in [0.15, 0.2) is 18.2 Å². The maximum atomic E-state index is 13.9. The molecule has 1 aliphatic rings. The van der Waals surface area contributed by atoms with Crippen LogP contribution in [0.4, 0.5) is 10.1 Å². The van der Waals surface area contributed by atoms with Crippen molar-refractivity contribution in [3.8, 4) is 0 Å². The monoisotopic (exact) mass is 251 g/mol. The van der Waals surface area contributed by atoms with Gasteiger partial charge in [-0.3, -0.25) is 0 Å². The first-order valence-electron chi connectivity index (χ1n) is 6.27. The largest absolute Gasteiger partial charge is 0.478 e. The molecule has 1 aliphatic heterocycles. The number of carboxylic acid groups (broad SMARTS) is 1. The predicted molar refractivity (Wildman–Crippen MR) is 68.5 cm³/mol. The number of carbonyl (C=O) groups is 1. The van der Waals surface area contributed by atoms with E-state index in [0.717, 1.165) is 6.42 Å². The summed E-state index contributed by atoms with van der Waals surface area (Å²) in [6.07, 6.45) is 0.967. The topological polar surface area (TPSA) is 40.5 Å². The molecule has 1 saturated heterocycles. The Balaban J connectivity index is 2.36. The maximum Gasteiger partial charge on any atom is 0.337 e. The molecule has 2 unspecified atom stereocenters. The summed E-state index contributed by atoms with van der Waals surface area (Å²) in [5, 5.41) is 9.15. The van der Waals surface area contributed by atoms with Gasteiger partial charge in [0.1, 0.15) is 5.82 Å². The highest BCUT2D eigenvalue weighted by Gasteiger charge is 2.27. The Morgan fingerprint density at radius 1 is 1.39 bits per heavy atom. The van der Waals surface area contributed by atoms with E-state index in [9.17, 15) is 9.18 Å². The van der Waals surface area contributed by atoms with Crippen molar-refractivity contribution in [3.63, 3.8) is 0 Å². The van der Waals surface area contributed by atoms with Crippen molar-refractivity contribution in [3.05, 3.63) is 29.6 Å². The molecular formula is C14H18FNO2. The molecule has 1 N–H and O–H groups in total. The third kappa shape index (κ3) is 2.33. The van der Waals surface area contributed by atoms with Gasteiger partial charge in [0, 0.05) is 13.1 Å². The summed E-state index contributed by atoms with van der Waals surface area (Å²) in [6, 6.07) is 4.23. The van der Waals surface area contributed by atoms with E-state index < -0.39 is 11.8 Å². The molecule has 0 spiro atoms. The third-order valence-corrected chi connectivity index (χ3v) is 3.87. The summed E-state index contributed by atoms with van der Waals surface area (Å²) >= 11 is 0. The van der Waals surface area contributed by atoms with Crippen molar-refractivity contribution in [1.29, 1.82) is 0 Å². The van der Waals surface area contributed by atoms with Crippen LogP contribution in [0.5, 0.6) is 0 Å². The minimum atomic E-state index is -1.07. The summed E-state index contributed by atoms with van der Waals surface area (Å²) in [6.45, 7) is 5.73. The lowest BCUT2D eigenvalue weighted by molar-refractivity contribution is 0.0697. The fourth-order valence-corrected chi connectivity index (χ4v) is 2.48. The number of rotatable bonds is 2. The Labute approximate surface area is 106 Å². The third-order valence-electron chi connectivity index (χ3n) is 3.87. The molecule has 2 atom stereocenters. The molecule has 1 heterocycles. The van der Waals surface area contributed by atoms with Crippen LogP contribution in [0.1, 0.15) is 30.6 Å². The van der Waals surface area contributed by atoms with Crippen LogP contribution in [-0.2, 0) is 0 Å². The van der Waals surface area contributed by atoms with Crippen LogP contribution in [0.3, 0.4) is 0 Å². The smallest absolute Gasteiger partial charge is 0.337 e. The van der Waals surface area contributed by atoms with E-state index in [-0.39, 0.29) is 11.3 Å². The number of aromatic carboxylic acids is 1. The van der Waals surface area contributed by atoms with Crippen LogP contribution in [0.2, 0.25) is 0 Å². The van der Waals surface area contributed by atoms with Gasteiger partial charge in [0.25, 0.3) is 0 Å². The lowest BCUT2D eigenvalue weighted by Crippen LogP contribution is -2.39. The lowest BCUT2D eigenvalue weighted by Gasteiger charge is -2.37. The number of carboxylic acids is 1. The predicted octanol–water partition coefficient (Wildman–Crippen LogP) is 3.01. The van der Waals surface area contributed by atoms with Gasteiger partial charge in [-0.2, -0.15) is 0 Å². The second-order valence-corrected chi connectivity index (χ2v) is 5.13. The van der Waals surface area contributed by atoms with Crippen molar-refractivity contribution in [1.82, 2.24) is 0 Å².